The first kappa shape index (κ1) is 16.9. The predicted octanol–water partition coefficient (Wildman–Crippen LogP) is 3.66. The average Bonchev–Trinajstić information content (AvgIpc) is 2.42. The van der Waals surface area contributed by atoms with E-state index >= 15 is 0 Å². The highest BCUT2D eigenvalue weighted by Gasteiger charge is 2.15. The van der Waals surface area contributed by atoms with Crippen molar-refractivity contribution in [2.24, 2.45) is 0 Å². The van der Waals surface area contributed by atoms with Crippen molar-refractivity contribution in [3.8, 4) is 0 Å². The SMILES string of the molecule is CCC(CC1=CC=C(CC(CC)=[N+](C)C)CC1)=[N+](C)C. The van der Waals surface area contributed by atoms with Crippen LogP contribution >= 0.6 is 0 Å². The molecule has 2 heteroatoms. The van der Waals surface area contributed by atoms with Crippen molar-refractivity contribution in [1.82, 2.24) is 0 Å². The zero-order valence-corrected chi connectivity index (χ0v) is 14.3. The van der Waals surface area contributed by atoms with E-state index in [9.17, 15) is 0 Å². The molecule has 0 radical (unpaired) electrons. The second-order valence-electron chi connectivity index (χ2n) is 6.13. The number of nitrogens with zero attached hydrogens (tertiary/aromatic N) is 2. The number of hydrogen-bond donors (Lipinski definition) is 0. The maximum absolute atomic E-state index is 2.36. The summed E-state index contributed by atoms with van der Waals surface area (Å²) in [6, 6.07) is 0. The quantitative estimate of drug-likeness (QED) is 0.516. The highest BCUT2D eigenvalue weighted by Crippen LogP contribution is 2.24. The van der Waals surface area contributed by atoms with Crippen molar-refractivity contribution in [3.05, 3.63) is 23.3 Å². The molecule has 0 saturated heterocycles. The molecule has 1 aliphatic carbocycles. The molecule has 20 heavy (non-hydrogen) atoms. The van der Waals surface area contributed by atoms with E-state index in [0.29, 0.717) is 0 Å². The molecule has 1 aliphatic rings. The lowest BCUT2D eigenvalue weighted by molar-refractivity contribution is -0.466. The van der Waals surface area contributed by atoms with E-state index in [-0.39, 0.29) is 0 Å². The molecule has 0 heterocycles. The normalized spacial score (nSPS) is 14.5. The summed E-state index contributed by atoms with van der Waals surface area (Å²) in [5, 5.41) is 0. The molecule has 0 spiro atoms. The third-order valence-corrected chi connectivity index (χ3v) is 4.27. The van der Waals surface area contributed by atoms with Crippen LogP contribution in [0, 0.1) is 0 Å². The molecule has 0 N–H and O–H groups in total. The molecule has 0 amide bonds. The van der Waals surface area contributed by atoms with Crippen LogP contribution in [0.25, 0.3) is 0 Å². The lowest BCUT2D eigenvalue weighted by Crippen LogP contribution is -2.15. The van der Waals surface area contributed by atoms with Gasteiger partial charge in [0.25, 0.3) is 0 Å². The number of rotatable bonds is 6. The zero-order valence-electron chi connectivity index (χ0n) is 14.3. The van der Waals surface area contributed by atoms with E-state index in [1.54, 1.807) is 11.1 Å². The Labute approximate surface area is 125 Å². The molecule has 112 valence electrons. The average molecular weight is 276 g/mol. The molecule has 0 saturated carbocycles. The molecule has 0 aromatic rings. The van der Waals surface area contributed by atoms with Gasteiger partial charge in [-0.1, -0.05) is 37.1 Å². The minimum Gasteiger partial charge on any atom is -0.242 e. The van der Waals surface area contributed by atoms with Crippen LogP contribution in [-0.2, 0) is 0 Å². The fourth-order valence-electron chi connectivity index (χ4n) is 2.74. The van der Waals surface area contributed by atoms with E-state index < -0.39 is 0 Å². The summed E-state index contributed by atoms with van der Waals surface area (Å²) in [7, 11) is 8.62. The lowest BCUT2D eigenvalue weighted by Gasteiger charge is -2.14. The van der Waals surface area contributed by atoms with Gasteiger partial charge in [0, 0.05) is 25.7 Å². The van der Waals surface area contributed by atoms with Crippen LogP contribution in [0.4, 0.5) is 0 Å². The van der Waals surface area contributed by atoms with E-state index in [4.69, 9.17) is 0 Å². The van der Waals surface area contributed by atoms with Gasteiger partial charge in [0.2, 0.25) is 0 Å². The van der Waals surface area contributed by atoms with E-state index in [0.717, 1.165) is 25.7 Å². The molecule has 0 aromatic heterocycles. The first-order chi connectivity index (χ1) is 9.47. The summed E-state index contributed by atoms with van der Waals surface area (Å²) in [5.41, 5.74) is 6.23. The van der Waals surface area contributed by atoms with E-state index in [1.807, 2.05) is 0 Å². The standard InChI is InChI=1S/C18H32N2/c1-7-17(19(3)4)13-15-9-11-16(12-10-15)14-18(8-2)20(5)6/h9,11H,7-8,10,12-14H2,1-6H3/q+2. The molecular weight excluding hydrogens is 244 g/mol. The summed E-state index contributed by atoms with van der Waals surface area (Å²) in [4.78, 5) is 0. The first-order valence-corrected chi connectivity index (χ1v) is 7.89. The van der Waals surface area contributed by atoms with Crippen LogP contribution in [0.1, 0.15) is 52.4 Å². The Kier molecular flexibility index (Phi) is 6.90. The topological polar surface area (TPSA) is 6.02 Å². The first-order valence-electron chi connectivity index (χ1n) is 7.89. The molecule has 2 nitrogen and oxygen atoms in total. The molecule has 0 unspecified atom stereocenters. The van der Waals surface area contributed by atoms with Gasteiger partial charge in [-0.05, 0) is 12.8 Å². The summed E-state index contributed by atoms with van der Waals surface area (Å²) in [6.45, 7) is 4.50. The number of allylic oxidation sites excluding steroid dienone is 4. The Bertz CT molecular complexity index is 410. The van der Waals surface area contributed by atoms with Gasteiger partial charge in [-0.15, -0.1) is 0 Å². The molecule has 1 rings (SSSR count). The van der Waals surface area contributed by atoms with Gasteiger partial charge in [-0.2, -0.15) is 0 Å². The Morgan fingerprint density at radius 1 is 0.800 bits per heavy atom. The van der Waals surface area contributed by atoms with Gasteiger partial charge >= 0.3 is 0 Å². The maximum atomic E-state index is 2.36. The largest absolute Gasteiger partial charge is 0.242 e. The van der Waals surface area contributed by atoms with Crippen LogP contribution in [-0.4, -0.2) is 48.8 Å². The van der Waals surface area contributed by atoms with Gasteiger partial charge < -0.3 is 0 Å². The molecule has 0 bridgehead atoms. The number of hydrogen-bond acceptors (Lipinski definition) is 0. The van der Waals surface area contributed by atoms with Crippen molar-refractivity contribution in [3.63, 3.8) is 0 Å². The van der Waals surface area contributed by atoms with E-state index in [2.05, 4.69) is 63.3 Å². The van der Waals surface area contributed by atoms with Crippen LogP contribution in [0.5, 0.6) is 0 Å². The van der Waals surface area contributed by atoms with Crippen molar-refractivity contribution < 1.29 is 9.15 Å². The molecule has 0 aliphatic heterocycles. The second kappa shape index (κ2) is 8.18. The molecule has 0 atom stereocenters. The minimum absolute atomic E-state index is 1.14. The highest BCUT2D eigenvalue weighted by atomic mass is 14.9. The lowest BCUT2D eigenvalue weighted by atomic mass is 9.91. The van der Waals surface area contributed by atoms with Gasteiger partial charge in [0.05, 0.1) is 0 Å². The van der Waals surface area contributed by atoms with Crippen LogP contribution in [0.3, 0.4) is 0 Å². The van der Waals surface area contributed by atoms with Gasteiger partial charge in [-0.3, -0.25) is 0 Å². The van der Waals surface area contributed by atoms with Crippen LogP contribution in [0.15, 0.2) is 23.3 Å². The fourth-order valence-corrected chi connectivity index (χ4v) is 2.74. The van der Waals surface area contributed by atoms with Crippen LogP contribution < -0.4 is 0 Å². The third-order valence-electron chi connectivity index (χ3n) is 4.27. The van der Waals surface area contributed by atoms with Crippen molar-refractivity contribution >= 4 is 11.4 Å². The molecule has 0 aromatic carbocycles. The monoisotopic (exact) mass is 276 g/mol. The Morgan fingerprint density at radius 3 is 1.35 bits per heavy atom. The highest BCUT2D eigenvalue weighted by molar-refractivity contribution is 5.83. The summed E-state index contributed by atoms with van der Waals surface area (Å²) in [6.07, 6.45) is 11.8. The summed E-state index contributed by atoms with van der Waals surface area (Å²) < 4.78 is 4.55. The van der Waals surface area contributed by atoms with Gasteiger partial charge in [-0.25, -0.2) is 9.15 Å². The Morgan fingerprint density at radius 2 is 1.15 bits per heavy atom. The minimum atomic E-state index is 1.14. The molecule has 0 fully saturated rings. The van der Waals surface area contributed by atoms with Crippen molar-refractivity contribution in [2.75, 3.05) is 28.2 Å². The van der Waals surface area contributed by atoms with Gasteiger partial charge in [0.1, 0.15) is 28.2 Å². The van der Waals surface area contributed by atoms with Crippen LogP contribution in [0.2, 0.25) is 0 Å². The predicted molar refractivity (Wildman–Crippen MR) is 89.4 cm³/mol. The summed E-state index contributed by atoms with van der Waals surface area (Å²) in [5.74, 6) is 0. The third kappa shape index (κ3) is 5.07. The summed E-state index contributed by atoms with van der Waals surface area (Å²) >= 11 is 0. The van der Waals surface area contributed by atoms with Crippen molar-refractivity contribution in [1.29, 1.82) is 0 Å². The Balaban J connectivity index is 2.72. The second-order valence-corrected chi connectivity index (χ2v) is 6.13. The Hall–Kier alpha value is -1.18. The van der Waals surface area contributed by atoms with Crippen molar-refractivity contribution in [2.45, 2.75) is 52.4 Å². The molecular formula is C18H32N2+2. The fraction of sp³-hybridized carbons (Fsp3) is 0.667. The van der Waals surface area contributed by atoms with Gasteiger partial charge in [0.15, 0.2) is 11.4 Å². The van der Waals surface area contributed by atoms with E-state index in [1.165, 1.54) is 24.3 Å². The smallest absolute Gasteiger partial charge is 0.155 e. The maximum Gasteiger partial charge on any atom is 0.155 e. The zero-order chi connectivity index (χ0) is 15.1.